The van der Waals surface area contributed by atoms with E-state index in [1.165, 1.54) is 0 Å². The van der Waals surface area contributed by atoms with Crippen LogP contribution in [0, 0.1) is 0 Å². The molecule has 1 rings (SSSR count). The van der Waals surface area contributed by atoms with Crippen molar-refractivity contribution in [1.82, 2.24) is 0 Å². The Bertz CT molecular complexity index is 431. The summed E-state index contributed by atoms with van der Waals surface area (Å²) >= 11 is 1.60. The van der Waals surface area contributed by atoms with E-state index in [1.807, 2.05) is 6.92 Å². The second-order valence-electron chi connectivity index (χ2n) is 3.62. The number of sulfone groups is 1. The summed E-state index contributed by atoms with van der Waals surface area (Å²) in [5.41, 5.74) is 6.09. The van der Waals surface area contributed by atoms with E-state index in [4.69, 9.17) is 5.73 Å². The Labute approximate surface area is 103 Å². The fraction of sp³-hybridized carbons (Fsp3) is 0.400. The molecule has 0 saturated carbocycles. The van der Waals surface area contributed by atoms with Crippen LogP contribution in [-0.2, 0) is 9.84 Å². The van der Waals surface area contributed by atoms with Crippen molar-refractivity contribution in [2.24, 2.45) is 0 Å². The summed E-state index contributed by atoms with van der Waals surface area (Å²) in [6.07, 6.45) is 0.654. The fourth-order valence-electron chi connectivity index (χ4n) is 1.18. The van der Waals surface area contributed by atoms with Crippen LogP contribution >= 0.6 is 19.8 Å². The van der Waals surface area contributed by atoms with Crippen LogP contribution in [0.4, 0.5) is 5.69 Å². The first-order chi connectivity index (χ1) is 7.45. The first kappa shape index (κ1) is 13.8. The Kier molecular flexibility index (Phi) is 5.09. The molecule has 0 aromatic heterocycles. The molecule has 0 spiro atoms. The van der Waals surface area contributed by atoms with Crippen molar-refractivity contribution < 1.29 is 8.42 Å². The van der Waals surface area contributed by atoms with Gasteiger partial charge in [-0.3, -0.25) is 0 Å². The van der Waals surface area contributed by atoms with Crippen LogP contribution in [0.15, 0.2) is 29.2 Å². The Morgan fingerprint density at radius 3 is 2.44 bits per heavy atom. The zero-order valence-corrected chi connectivity index (χ0v) is 11.9. The monoisotopic (exact) mass is 277 g/mol. The van der Waals surface area contributed by atoms with Crippen molar-refractivity contribution >= 4 is 35.3 Å². The van der Waals surface area contributed by atoms with E-state index in [0.29, 0.717) is 22.3 Å². The number of anilines is 1. The quantitative estimate of drug-likeness (QED) is 0.663. The topological polar surface area (TPSA) is 60.2 Å². The van der Waals surface area contributed by atoms with Gasteiger partial charge in [0.1, 0.15) is 0 Å². The van der Waals surface area contributed by atoms with E-state index in [2.05, 4.69) is 8.44 Å². The Hall–Kier alpha value is -0.250. The second-order valence-corrected chi connectivity index (χ2v) is 7.63. The van der Waals surface area contributed by atoms with Crippen molar-refractivity contribution in [2.45, 2.75) is 23.5 Å². The average molecular weight is 277 g/mol. The minimum Gasteiger partial charge on any atom is -0.399 e. The van der Waals surface area contributed by atoms with Crippen molar-refractivity contribution in [3.8, 4) is 0 Å². The summed E-state index contributed by atoms with van der Waals surface area (Å²) in [5, 5.41) is 0.327. The first-order valence-electron chi connectivity index (χ1n) is 4.89. The van der Waals surface area contributed by atoms with Gasteiger partial charge >= 0.3 is 0 Å². The molecule has 2 unspecified atom stereocenters. The standard InChI is InChI=1S/C10H16NO2PS2/c1-8(15-14)6-7-16(12,13)10-4-2-9(11)3-5-10/h2-5,8H,6-7,11,14H2,1H3. The number of benzene rings is 1. The SMILES string of the molecule is CC(CCS(=O)(=O)c1ccc(N)cc1)SP. The third kappa shape index (κ3) is 3.96. The van der Waals surface area contributed by atoms with Gasteiger partial charge < -0.3 is 5.73 Å². The number of nitrogens with two attached hydrogens (primary N) is 1. The van der Waals surface area contributed by atoms with Crippen LogP contribution in [0.5, 0.6) is 0 Å². The molecule has 0 heterocycles. The third-order valence-electron chi connectivity index (χ3n) is 2.26. The number of hydrogen-bond donors (Lipinski definition) is 1. The minimum atomic E-state index is -3.16. The van der Waals surface area contributed by atoms with Crippen LogP contribution in [0.3, 0.4) is 0 Å². The molecule has 0 saturated heterocycles. The highest BCUT2D eigenvalue weighted by Crippen LogP contribution is 2.23. The van der Waals surface area contributed by atoms with Gasteiger partial charge in [0, 0.05) is 10.9 Å². The lowest BCUT2D eigenvalue weighted by Crippen LogP contribution is -2.10. The number of hydrogen-bond acceptors (Lipinski definition) is 4. The molecule has 3 nitrogen and oxygen atoms in total. The maximum absolute atomic E-state index is 11.9. The summed E-state index contributed by atoms with van der Waals surface area (Å²) < 4.78 is 23.8. The predicted molar refractivity (Wildman–Crippen MR) is 74.3 cm³/mol. The summed E-state index contributed by atoms with van der Waals surface area (Å²) in [4.78, 5) is 0.350. The van der Waals surface area contributed by atoms with E-state index >= 15 is 0 Å². The maximum atomic E-state index is 11.9. The Morgan fingerprint density at radius 1 is 1.38 bits per heavy atom. The van der Waals surface area contributed by atoms with Crippen molar-refractivity contribution in [2.75, 3.05) is 11.5 Å². The van der Waals surface area contributed by atoms with Gasteiger partial charge in [-0.05, 0) is 30.7 Å². The summed E-state index contributed by atoms with van der Waals surface area (Å²) in [5.74, 6) is 0.180. The highest BCUT2D eigenvalue weighted by molar-refractivity contribution is 8.44. The van der Waals surface area contributed by atoms with E-state index in [9.17, 15) is 8.42 Å². The van der Waals surface area contributed by atoms with Gasteiger partial charge in [-0.2, -0.15) is 0 Å². The second kappa shape index (κ2) is 5.89. The molecule has 16 heavy (non-hydrogen) atoms. The number of rotatable bonds is 5. The van der Waals surface area contributed by atoms with Crippen molar-refractivity contribution in [1.29, 1.82) is 0 Å². The Morgan fingerprint density at radius 2 is 1.94 bits per heavy atom. The molecule has 0 bridgehead atoms. The van der Waals surface area contributed by atoms with Crippen LogP contribution in [0.1, 0.15) is 13.3 Å². The van der Waals surface area contributed by atoms with Crippen LogP contribution in [0.25, 0.3) is 0 Å². The largest absolute Gasteiger partial charge is 0.399 e. The highest BCUT2D eigenvalue weighted by atomic mass is 32.7. The Balaban J connectivity index is 2.74. The lowest BCUT2D eigenvalue weighted by molar-refractivity contribution is 0.593. The summed E-state index contributed by atoms with van der Waals surface area (Å²) in [6.45, 7) is 2.01. The molecule has 0 aliphatic carbocycles. The molecule has 1 aromatic rings. The molecule has 0 aliphatic rings. The maximum Gasteiger partial charge on any atom is 0.178 e. The molecule has 2 N–H and O–H groups in total. The molecular weight excluding hydrogens is 261 g/mol. The van der Waals surface area contributed by atoms with Crippen LogP contribution in [-0.4, -0.2) is 19.4 Å². The molecule has 0 radical (unpaired) electrons. The first-order valence-corrected chi connectivity index (χ1v) is 8.90. The van der Waals surface area contributed by atoms with Gasteiger partial charge in [0.25, 0.3) is 0 Å². The molecule has 6 heteroatoms. The summed E-state index contributed by atoms with van der Waals surface area (Å²) in [7, 11) is -0.611. The van der Waals surface area contributed by atoms with Crippen molar-refractivity contribution in [3.63, 3.8) is 0 Å². The normalized spacial score (nSPS) is 13.6. The van der Waals surface area contributed by atoms with Gasteiger partial charge in [0.2, 0.25) is 0 Å². The predicted octanol–water partition coefficient (Wildman–Crippen LogP) is 2.34. The minimum absolute atomic E-state index is 0.180. The van der Waals surface area contributed by atoms with Gasteiger partial charge in [0.15, 0.2) is 9.84 Å². The third-order valence-corrected chi connectivity index (χ3v) is 6.12. The van der Waals surface area contributed by atoms with Gasteiger partial charge in [0.05, 0.1) is 10.6 Å². The molecule has 1 aromatic carbocycles. The average Bonchev–Trinajstić information content (AvgIpc) is 2.26. The van der Waals surface area contributed by atoms with Gasteiger partial charge in [-0.1, -0.05) is 15.4 Å². The van der Waals surface area contributed by atoms with Crippen molar-refractivity contribution in [3.05, 3.63) is 24.3 Å². The molecule has 90 valence electrons. The smallest absolute Gasteiger partial charge is 0.178 e. The lowest BCUT2D eigenvalue weighted by atomic mass is 10.3. The number of nitrogen functional groups attached to an aromatic ring is 1. The summed E-state index contributed by atoms with van der Waals surface area (Å²) in [6, 6.07) is 6.34. The van der Waals surface area contributed by atoms with Crippen LogP contribution < -0.4 is 5.73 Å². The van der Waals surface area contributed by atoms with Gasteiger partial charge in [-0.25, -0.2) is 8.42 Å². The van der Waals surface area contributed by atoms with E-state index in [0.717, 1.165) is 0 Å². The fourth-order valence-corrected chi connectivity index (χ4v) is 3.44. The van der Waals surface area contributed by atoms with E-state index < -0.39 is 9.84 Å². The zero-order valence-electron chi connectivity index (χ0n) is 9.09. The highest BCUT2D eigenvalue weighted by Gasteiger charge is 2.15. The molecular formula is C10H16NO2PS2. The van der Waals surface area contributed by atoms with Gasteiger partial charge in [-0.15, -0.1) is 11.4 Å². The molecule has 0 fully saturated rings. The molecule has 0 aliphatic heterocycles. The van der Waals surface area contributed by atoms with E-state index in [-0.39, 0.29) is 5.75 Å². The molecule has 2 atom stereocenters. The molecule has 0 amide bonds. The zero-order chi connectivity index (χ0) is 12.2. The lowest BCUT2D eigenvalue weighted by Gasteiger charge is -2.08. The van der Waals surface area contributed by atoms with E-state index in [1.54, 1.807) is 35.6 Å². The van der Waals surface area contributed by atoms with Crippen LogP contribution in [0.2, 0.25) is 0 Å².